The van der Waals surface area contributed by atoms with Gasteiger partial charge in [-0.2, -0.15) is 0 Å². The summed E-state index contributed by atoms with van der Waals surface area (Å²) in [5.41, 5.74) is 6.61. The van der Waals surface area contributed by atoms with E-state index in [4.69, 9.17) is 5.73 Å². The molecule has 0 fully saturated rings. The average molecular weight is 309 g/mol. The standard InChI is InChI=1S/C15H23N3O2S/c1-3-4-8-21-11(2)14(19)17-10-12-6-5-7-13(9-12)18-15(16)20/h5-7,9,11H,3-4,8,10H2,1-2H3,(H,17,19)(H3,16,18,20). The summed E-state index contributed by atoms with van der Waals surface area (Å²) >= 11 is 1.67. The molecule has 0 aliphatic rings. The number of benzene rings is 1. The molecular weight excluding hydrogens is 286 g/mol. The normalized spacial score (nSPS) is 11.7. The second-order valence-electron chi connectivity index (χ2n) is 4.77. The van der Waals surface area contributed by atoms with E-state index in [2.05, 4.69) is 17.6 Å². The predicted octanol–water partition coefficient (Wildman–Crippen LogP) is 2.72. The van der Waals surface area contributed by atoms with Gasteiger partial charge >= 0.3 is 6.03 Å². The molecule has 0 heterocycles. The van der Waals surface area contributed by atoms with Gasteiger partial charge in [-0.3, -0.25) is 4.79 Å². The summed E-state index contributed by atoms with van der Waals surface area (Å²) < 4.78 is 0. The predicted molar refractivity (Wildman–Crippen MR) is 88.3 cm³/mol. The van der Waals surface area contributed by atoms with Crippen molar-refractivity contribution in [2.75, 3.05) is 11.1 Å². The number of nitrogens with one attached hydrogen (secondary N) is 2. The second kappa shape index (κ2) is 9.28. The fourth-order valence-corrected chi connectivity index (χ4v) is 2.76. The van der Waals surface area contributed by atoms with Crippen molar-refractivity contribution in [3.05, 3.63) is 29.8 Å². The summed E-state index contributed by atoms with van der Waals surface area (Å²) in [6.07, 6.45) is 2.27. The molecule has 116 valence electrons. The van der Waals surface area contributed by atoms with E-state index in [0.29, 0.717) is 12.2 Å². The lowest BCUT2D eigenvalue weighted by molar-refractivity contribution is -0.120. The van der Waals surface area contributed by atoms with E-state index in [1.807, 2.05) is 19.1 Å². The number of anilines is 1. The van der Waals surface area contributed by atoms with Gasteiger partial charge in [-0.05, 0) is 36.8 Å². The van der Waals surface area contributed by atoms with Gasteiger partial charge in [-0.25, -0.2) is 4.79 Å². The third kappa shape index (κ3) is 7.04. The van der Waals surface area contributed by atoms with Crippen molar-refractivity contribution in [2.45, 2.75) is 38.5 Å². The van der Waals surface area contributed by atoms with Crippen molar-refractivity contribution in [3.8, 4) is 0 Å². The fourth-order valence-electron chi connectivity index (χ4n) is 1.71. The van der Waals surface area contributed by atoms with Crippen LogP contribution in [0.15, 0.2) is 24.3 Å². The summed E-state index contributed by atoms with van der Waals surface area (Å²) in [7, 11) is 0. The number of urea groups is 1. The Hall–Kier alpha value is -1.69. The molecule has 1 rings (SSSR count). The van der Waals surface area contributed by atoms with Gasteiger partial charge in [0.05, 0.1) is 5.25 Å². The summed E-state index contributed by atoms with van der Waals surface area (Å²) in [6.45, 7) is 4.49. The average Bonchev–Trinajstić information content (AvgIpc) is 2.44. The first-order valence-electron chi connectivity index (χ1n) is 7.07. The molecule has 3 amide bonds. The Balaban J connectivity index is 2.43. The van der Waals surface area contributed by atoms with Crippen LogP contribution in [0, 0.1) is 0 Å². The molecule has 5 nitrogen and oxygen atoms in total. The highest BCUT2D eigenvalue weighted by molar-refractivity contribution is 8.00. The molecule has 0 saturated carbocycles. The Morgan fingerprint density at radius 2 is 2.14 bits per heavy atom. The van der Waals surface area contributed by atoms with Crippen LogP contribution in [0.2, 0.25) is 0 Å². The lowest BCUT2D eigenvalue weighted by atomic mass is 10.2. The Labute approximate surface area is 130 Å². The van der Waals surface area contributed by atoms with Crippen molar-refractivity contribution in [1.29, 1.82) is 0 Å². The first-order valence-corrected chi connectivity index (χ1v) is 8.12. The highest BCUT2D eigenvalue weighted by Crippen LogP contribution is 2.14. The van der Waals surface area contributed by atoms with Gasteiger partial charge in [-0.1, -0.05) is 25.5 Å². The second-order valence-corrected chi connectivity index (χ2v) is 6.22. The zero-order valence-electron chi connectivity index (χ0n) is 12.5. The molecule has 0 bridgehead atoms. The first kappa shape index (κ1) is 17.4. The zero-order chi connectivity index (χ0) is 15.7. The molecule has 0 saturated heterocycles. The molecule has 0 aromatic heterocycles. The molecule has 4 N–H and O–H groups in total. The Morgan fingerprint density at radius 1 is 1.38 bits per heavy atom. The Bertz CT molecular complexity index is 480. The quantitative estimate of drug-likeness (QED) is 0.646. The topological polar surface area (TPSA) is 84.2 Å². The number of amides is 3. The third-order valence-corrected chi connectivity index (χ3v) is 4.13. The number of hydrogen-bond donors (Lipinski definition) is 3. The molecule has 1 aromatic carbocycles. The molecule has 1 aromatic rings. The molecule has 0 aliphatic heterocycles. The van der Waals surface area contributed by atoms with Crippen molar-refractivity contribution in [3.63, 3.8) is 0 Å². The van der Waals surface area contributed by atoms with E-state index < -0.39 is 6.03 Å². The molecule has 0 spiro atoms. The number of rotatable bonds is 8. The summed E-state index contributed by atoms with van der Waals surface area (Å²) in [6, 6.07) is 6.64. The van der Waals surface area contributed by atoms with Gasteiger partial charge in [-0.15, -0.1) is 11.8 Å². The van der Waals surface area contributed by atoms with E-state index >= 15 is 0 Å². The van der Waals surface area contributed by atoms with Gasteiger partial charge in [0.25, 0.3) is 0 Å². The van der Waals surface area contributed by atoms with Crippen LogP contribution in [0.3, 0.4) is 0 Å². The maximum absolute atomic E-state index is 12.0. The maximum Gasteiger partial charge on any atom is 0.316 e. The summed E-state index contributed by atoms with van der Waals surface area (Å²) in [4.78, 5) is 22.8. The van der Waals surface area contributed by atoms with Crippen molar-refractivity contribution < 1.29 is 9.59 Å². The third-order valence-electron chi connectivity index (χ3n) is 2.90. The zero-order valence-corrected chi connectivity index (χ0v) is 13.3. The summed E-state index contributed by atoms with van der Waals surface area (Å²) in [5, 5.41) is 5.36. The smallest absolute Gasteiger partial charge is 0.316 e. The molecular formula is C15H23N3O2S. The number of thioether (sulfide) groups is 1. The monoisotopic (exact) mass is 309 g/mol. The van der Waals surface area contributed by atoms with Crippen molar-refractivity contribution >= 4 is 29.4 Å². The molecule has 0 aliphatic carbocycles. The summed E-state index contributed by atoms with van der Waals surface area (Å²) in [5.74, 6) is 1.03. The van der Waals surface area contributed by atoms with E-state index in [0.717, 1.165) is 24.2 Å². The molecule has 1 atom stereocenters. The van der Waals surface area contributed by atoms with Crippen LogP contribution >= 0.6 is 11.8 Å². The van der Waals surface area contributed by atoms with E-state index in [-0.39, 0.29) is 11.2 Å². The lowest BCUT2D eigenvalue weighted by Crippen LogP contribution is -2.30. The number of primary amides is 1. The van der Waals surface area contributed by atoms with Crippen LogP contribution in [0.5, 0.6) is 0 Å². The maximum atomic E-state index is 12.0. The number of unbranched alkanes of at least 4 members (excludes halogenated alkanes) is 1. The van der Waals surface area contributed by atoms with Crippen LogP contribution in [-0.2, 0) is 11.3 Å². The van der Waals surface area contributed by atoms with Gasteiger partial charge in [0.1, 0.15) is 0 Å². The van der Waals surface area contributed by atoms with Gasteiger partial charge in [0, 0.05) is 12.2 Å². The van der Waals surface area contributed by atoms with E-state index in [1.165, 1.54) is 0 Å². The van der Waals surface area contributed by atoms with Gasteiger partial charge in [0.15, 0.2) is 0 Å². The highest BCUT2D eigenvalue weighted by Gasteiger charge is 2.12. The van der Waals surface area contributed by atoms with Crippen LogP contribution in [-0.4, -0.2) is 22.9 Å². The Kier molecular flexibility index (Phi) is 7.68. The highest BCUT2D eigenvalue weighted by atomic mass is 32.2. The van der Waals surface area contributed by atoms with Crippen molar-refractivity contribution in [1.82, 2.24) is 5.32 Å². The van der Waals surface area contributed by atoms with Gasteiger partial charge in [0.2, 0.25) is 5.91 Å². The minimum atomic E-state index is -0.600. The molecule has 21 heavy (non-hydrogen) atoms. The first-order chi connectivity index (χ1) is 10.0. The fraction of sp³-hybridized carbons (Fsp3) is 0.467. The van der Waals surface area contributed by atoms with Crippen molar-refractivity contribution in [2.24, 2.45) is 5.73 Å². The van der Waals surface area contributed by atoms with E-state index in [1.54, 1.807) is 23.9 Å². The number of nitrogens with two attached hydrogens (primary N) is 1. The minimum absolute atomic E-state index is 0.0318. The minimum Gasteiger partial charge on any atom is -0.351 e. The number of carbonyl (C=O) groups excluding carboxylic acids is 2. The molecule has 6 heteroatoms. The van der Waals surface area contributed by atoms with E-state index in [9.17, 15) is 9.59 Å². The van der Waals surface area contributed by atoms with Crippen LogP contribution < -0.4 is 16.4 Å². The molecule has 0 radical (unpaired) electrons. The van der Waals surface area contributed by atoms with Crippen LogP contribution in [0.25, 0.3) is 0 Å². The van der Waals surface area contributed by atoms with Gasteiger partial charge < -0.3 is 16.4 Å². The SMILES string of the molecule is CCCCSC(C)C(=O)NCc1cccc(NC(N)=O)c1. The Morgan fingerprint density at radius 3 is 2.81 bits per heavy atom. The number of carbonyl (C=O) groups is 2. The van der Waals surface area contributed by atoms with Crippen LogP contribution in [0.4, 0.5) is 10.5 Å². The molecule has 1 unspecified atom stereocenters. The number of hydrogen-bond acceptors (Lipinski definition) is 3. The largest absolute Gasteiger partial charge is 0.351 e. The lowest BCUT2D eigenvalue weighted by Gasteiger charge is -2.12. The van der Waals surface area contributed by atoms with Crippen LogP contribution in [0.1, 0.15) is 32.3 Å².